The maximum Gasteiger partial charge on any atom is 0.326 e. The number of ketones is 1. The number of nitrogens with one attached hydrogen (secondary N) is 8. The van der Waals surface area contributed by atoms with Crippen LogP contribution < -0.4 is 48.9 Å². The third kappa shape index (κ3) is 18.1. The van der Waals surface area contributed by atoms with Crippen LogP contribution >= 0.6 is 0 Å². The predicted molar refractivity (Wildman–Crippen MR) is 235 cm³/mol. The molecule has 12 N–H and O–H groups in total. The van der Waals surface area contributed by atoms with Crippen molar-refractivity contribution in [2.24, 2.45) is 17.1 Å². The van der Waals surface area contributed by atoms with Gasteiger partial charge in [-0.05, 0) is 48.6 Å². The number of benzene rings is 1. The highest BCUT2D eigenvalue weighted by atomic mass is 16.4. The third-order valence-electron chi connectivity index (χ3n) is 10.1. The number of H-pyrrole nitrogens is 2. The van der Waals surface area contributed by atoms with E-state index in [1.807, 2.05) is 16.9 Å². The van der Waals surface area contributed by atoms with E-state index < -0.39 is 137 Å². The number of aliphatic carboxylic acids is 2. The van der Waals surface area contributed by atoms with E-state index in [9.17, 15) is 67.7 Å². The number of aromatic nitrogens is 2. The Hall–Kier alpha value is -7.20. The zero-order valence-electron chi connectivity index (χ0n) is 38.0. The molecule has 0 saturated heterocycles. The van der Waals surface area contributed by atoms with Crippen molar-refractivity contribution in [2.45, 2.75) is 136 Å². The number of primary amides is 1. The summed E-state index contributed by atoms with van der Waals surface area (Å²) < 4.78 is 0. The number of Topliss-reactive ketones (excluding diaryl/α,β-unsaturated/α-hetero) is 1. The number of carbonyl (C=O) groups is 10. The highest BCUT2D eigenvalue weighted by Gasteiger charge is 2.39. The van der Waals surface area contributed by atoms with E-state index in [-0.39, 0.29) is 25.2 Å². The second-order valence-corrected chi connectivity index (χ2v) is 17.2. The lowest BCUT2D eigenvalue weighted by molar-refractivity contribution is -0.140. The molecule has 1 aromatic heterocycles. The molecule has 2 rings (SSSR count). The van der Waals surface area contributed by atoms with Gasteiger partial charge in [-0.25, -0.2) is 4.79 Å². The fraction of sp³-hybridized carbons (Fsp3) is 0.535. The van der Waals surface area contributed by atoms with Crippen LogP contribution in [0.2, 0.25) is 0 Å². The molecule has 2 aromatic rings. The van der Waals surface area contributed by atoms with Crippen LogP contribution in [0.3, 0.4) is 0 Å². The number of hydrogen-bond donors (Lipinski definition) is 11. The number of nitrogens with two attached hydrogens (primary N) is 1. The van der Waals surface area contributed by atoms with Gasteiger partial charge in [0.05, 0.1) is 12.5 Å². The maximum absolute atomic E-state index is 14.4. The Kier molecular flexibility index (Phi) is 21.1. The second kappa shape index (κ2) is 25.3. The van der Waals surface area contributed by atoms with Gasteiger partial charge >= 0.3 is 17.6 Å². The van der Waals surface area contributed by atoms with Crippen LogP contribution in [0, 0.1) is 18.3 Å². The van der Waals surface area contributed by atoms with Crippen molar-refractivity contribution in [3.05, 3.63) is 68.0 Å². The lowest BCUT2D eigenvalue weighted by Gasteiger charge is -2.34. The molecule has 0 aliphatic rings. The van der Waals surface area contributed by atoms with Crippen LogP contribution in [0.1, 0.15) is 108 Å². The first-order chi connectivity index (χ1) is 30.7. The first kappa shape index (κ1) is 54.9. The molecular formula is C43H61N9O14. The Labute approximate surface area is 379 Å². The minimum atomic E-state index is -1.94. The topological polar surface area (TPSA) is 375 Å². The first-order valence-corrected chi connectivity index (χ1v) is 21.2. The zero-order chi connectivity index (χ0) is 50.1. The van der Waals surface area contributed by atoms with Crippen molar-refractivity contribution >= 4 is 59.1 Å². The Morgan fingerprint density at radius 2 is 1.26 bits per heavy atom. The van der Waals surface area contributed by atoms with Gasteiger partial charge in [0.15, 0.2) is 0 Å². The number of carboxylic acid groups (broad SMARTS) is 2. The highest BCUT2D eigenvalue weighted by Crippen LogP contribution is 2.21. The summed E-state index contributed by atoms with van der Waals surface area (Å²) in [5.41, 5.74) is 2.71. The van der Waals surface area contributed by atoms with Crippen LogP contribution in [-0.2, 0) is 49.6 Å². The lowest BCUT2D eigenvalue weighted by Crippen LogP contribution is -2.62. The molecule has 0 bridgehead atoms. The normalized spacial score (nSPS) is 13.9. The van der Waals surface area contributed by atoms with Crippen molar-refractivity contribution in [3.8, 4) is 0 Å². The van der Waals surface area contributed by atoms with Crippen molar-refractivity contribution < 1.29 is 58.2 Å². The van der Waals surface area contributed by atoms with Crippen LogP contribution in [0.4, 0.5) is 0 Å². The molecule has 23 nitrogen and oxygen atoms in total. The van der Waals surface area contributed by atoms with Crippen LogP contribution in [-0.4, -0.2) is 116 Å². The molecule has 1 heterocycles. The van der Waals surface area contributed by atoms with E-state index in [1.54, 1.807) is 65.8 Å². The third-order valence-corrected chi connectivity index (χ3v) is 10.1. The van der Waals surface area contributed by atoms with Crippen LogP contribution in [0.25, 0.3) is 0 Å². The molecule has 23 heteroatoms. The van der Waals surface area contributed by atoms with Crippen molar-refractivity contribution in [3.63, 3.8) is 0 Å². The fourth-order valence-corrected chi connectivity index (χ4v) is 6.56. The Bertz CT molecular complexity index is 2220. The SMILES string of the molecule is CCCC[C@H](NC(=O)[C@H](CC(C)C)NC(=O)[C@@H](NC(=O)[C@H](Cc1ccccc1C)NC(=O)[C@H](CCC(=O)O)NC(=O)[C@H](CC(=O)O)NC(=O)c1cc(=O)[nH]c(=O)[nH]1)C(C)(C)C)C(=O)C(N)=O. The molecular weight excluding hydrogens is 867 g/mol. The molecule has 7 amide bonds. The lowest BCUT2D eigenvalue weighted by atomic mass is 9.85. The molecule has 0 aliphatic carbocycles. The quantitative estimate of drug-likeness (QED) is 0.0495. The van der Waals surface area contributed by atoms with Crippen molar-refractivity contribution in [1.29, 1.82) is 0 Å². The van der Waals surface area contributed by atoms with E-state index >= 15 is 0 Å². The second-order valence-electron chi connectivity index (χ2n) is 17.2. The van der Waals surface area contributed by atoms with Gasteiger partial charge in [-0.15, -0.1) is 0 Å². The smallest absolute Gasteiger partial charge is 0.326 e. The molecule has 0 unspecified atom stereocenters. The fourth-order valence-electron chi connectivity index (χ4n) is 6.56. The van der Waals surface area contributed by atoms with Crippen molar-refractivity contribution in [2.75, 3.05) is 0 Å². The Morgan fingerprint density at radius 3 is 1.80 bits per heavy atom. The molecule has 0 spiro atoms. The van der Waals surface area contributed by atoms with Gasteiger partial charge in [-0.3, -0.25) is 57.7 Å². The molecule has 6 atom stereocenters. The summed E-state index contributed by atoms with van der Waals surface area (Å²) in [6, 6.07) is -1.68. The summed E-state index contributed by atoms with van der Waals surface area (Å²) >= 11 is 0. The summed E-state index contributed by atoms with van der Waals surface area (Å²) in [7, 11) is 0. The summed E-state index contributed by atoms with van der Waals surface area (Å²) in [6.07, 6.45) is -1.30. The summed E-state index contributed by atoms with van der Waals surface area (Å²) in [5.74, 6) is -11.6. The standard InChI is InChI=1S/C43H61N9O14/c1-8-9-14-24(33(58)35(44)59)45-37(61)26(17-21(2)3)49-41(65)34(43(5,6)7)52-40(64)27(18-23-13-11-10-12-22(23)4)47-36(60)25(15-16-31(54)55)46-39(63)29(20-32(56)57)48-38(62)28-19-30(53)51-42(66)50-28/h10-13,19,21,24-27,29,34H,8-9,14-18,20H2,1-7H3,(H2,44,59)(H,45,61)(H,46,63)(H,47,60)(H,48,62)(H,49,65)(H,52,64)(H,54,55)(H,56,57)(H2,50,51,53,66)/t24-,25-,26-,27-,29-,34+/m0/s1. The number of amides is 7. The zero-order valence-corrected chi connectivity index (χ0v) is 38.0. The molecule has 0 fully saturated rings. The molecule has 1 aromatic carbocycles. The molecule has 0 aliphatic heterocycles. The number of aryl methyl sites for hydroxylation is 1. The number of carbonyl (C=O) groups excluding carboxylic acids is 8. The molecule has 0 saturated carbocycles. The van der Waals surface area contributed by atoms with E-state index in [4.69, 9.17) is 5.73 Å². The Morgan fingerprint density at radius 1 is 0.697 bits per heavy atom. The molecule has 66 heavy (non-hydrogen) atoms. The summed E-state index contributed by atoms with van der Waals surface area (Å²) in [6.45, 7) is 12.0. The van der Waals surface area contributed by atoms with E-state index in [0.29, 0.717) is 30.0 Å². The van der Waals surface area contributed by atoms with Gasteiger partial charge in [-0.2, -0.15) is 0 Å². The van der Waals surface area contributed by atoms with E-state index in [0.717, 1.165) is 0 Å². The van der Waals surface area contributed by atoms with E-state index in [1.165, 1.54) is 0 Å². The van der Waals surface area contributed by atoms with E-state index in [2.05, 4.69) is 31.9 Å². The van der Waals surface area contributed by atoms with Crippen LogP contribution in [0.15, 0.2) is 39.9 Å². The number of unbranched alkanes of at least 4 members (excludes halogenated alkanes) is 1. The largest absolute Gasteiger partial charge is 0.481 e. The Balaban J connectivity index is 2.52. The maximum atomic E-state index is 14.4. The predicted octanol–water partition coefficient (Wildman–Crippen LogP) is -1.19. The number of carboxylic acids is 2. The highest BCUT2D eigenvalue weighted by molar-refractivity contribution is 6.37. The van der Waals surface area contributed by atoms with Crippen molar-refractivity contribution in [1.82, 2.24) is 41.9 Å². The summed E-state index contributed by atoms with van der Waals surface area (Å²) in [4.78, 5) is 158. The minimum absolute atomic E-state index is 0.0750. The average molecular weight is 928 g/mol. The minimum Gasteiger partial charge on any atom is -0.481 e. The van der Waals surface area contributed by atoms with Gasteiger partial charge in [0, 0.05) is 18.9 Å². The van der Waals surface area contributed by atoms with Gasteiger partial charge in [0.25, 0.3) is 17.4 Å². The van der Waals surface area contributed by atoms with Gasteiger partial charge < -0.3 is 52.8 Å². The van der Waals surface area contributed by atoms with Gasteiger partial charge in [0.2, 0.25) is 35.3 Å². The number of rotatable bonds is 26. The monoisotopic (exact) mass is 927 g/mol. The summed E-state index contributed by atoms with van der Waals surface area (Å²) in [5, 5.41) is 33.7. The van der Waals surface area contributed by atoms with Gasteiger partial charge in [-0.1, -0.05) is 78.6 Å². The average Bonchev–Trinajstić information content (AvgIpc) is 3.20. The van der Waals surface area contributed by atoms with Crippen LogP contribution in [0.5, 0.6) is 0 Å². The number of aromatic amines is 2. The van der Waals surface area contributed by atoms with Gasteiger partial charge in [0.1, 0.15) is 35.9 Å². The first-order valence-electron chi connectivity index (χ1n) is 21.2. The number of hydrogen-bond acceptors (Lipinski definition) is 12. The molecule has 362 valence electrons. The molecule has 0 radical (unpaired) electrons.